The summed E-state index contributed by atoms with van der Waals surface area (Å²) in [4.78, 5) is 28.7. The van der Waals surface area contributed by atoms with Crippen LogP contribution in [0.15, 0.2) is 24.3 Å². The van der Waals surface area contributed by atoms with E-state index in [1.165, 1.54) is 25.3 Å². The van der Waals surface area contributed by atoms with Crippen molar-refractivity contribution in [2.45, 2.75) is 63.7 Å². The number of carbonyl (C=O) groups excluding carboxylic acids is 2. The van der Waals surface area contributed by atoms with Gasteiger partial charge < -0.3 is 9.47 Å². The lowest BCUT2D eigenvalue weighted by Gasteiger charge is -2.34. The monoisotopic (exact) mass is 388 g/mol. The Kier molecular flexibility index (Phi) is 7.45. The molecule has 6 nitrogen and oxygen atoms in total. The number of esters is 2. The van der Waals surface area contributed by atoms with Crippen LogP contribution in [-0.2, 0) is 32.2 Å². The van der Waals surface area contributed by atoms with Gasteiger partial charge >= 0.3 is 11.9 Å². The average Bonchev–Trinajstić information content (AvgIpc) is 2.73. The van der Waals surface area contributed by atoms with Gasteiger partial charge in [-0.15, -0.1) is 0 Å². The molecule has 0 aromatic heterocycles. The Morgan fingerprint density at radius 3 is 1.75 bits per heavy atom. The minimum absolute atomic E-state index is 0.134. The van der Waals surface area contributed by atoms with Gasteiger partial charge in [-0.25, -0.2) is 0 Å². The van der Waals surface area contributed by atoms with Crippen LogP contribution in [-0.4, -0.2) is 61.1 Å². The molecule has 1 aromatic rings. The largest absolute Gasteiger partial charge is 0.468 e. The molecule has 2 saturated heterocycles. The summed E-state index contributed by atoms with van der Waals surface area (Å²) in [5.41, 5.74) is 2.39. The fraction of sp³-hybridized carbons (Fsp3) is 0.636. The lowest BCUT2D eigenvalue weighted by Crippen LogP contribution is -2.45. The van der Waals surface area contributed by atoms with E-state index in [4.69, 9.17) is 9.47 Å². The van der Waals surface area contributed by atoms with E-state index in [1.54, 1.807) is 0 Å². The fourth-order valence-corrected chi connectivity index (χ4v) is 4.46. The van der Waals surface area contributed by atoms with Gasteiger partial charge in [-0.1, -0.05) is 37.1 Å². The third kappa shape index (κ3) is 5.11. The summed E-state index contributed by atoms with van der Waals surface area (Å²) in [6, 6.07) is 8.20. The van der Waals surface area contributed by atoms with Gasteiger partial charge in [-0.3, -0.25) is 19.4 Å². The summed E-state index contributed by atoms with van der Waals surface area (Å²) < 4.78 is 9.99. The van der Waals surface area contributed by atoms with Crippen molar-refractivity contribution in [1.29, 1.82) is 0 Å². The maximum Gasteiger partial charge on any atom is 0.323 e. The maximum atomic E-state index is 12.1. The summed E-state index contributed by atoms with van der Waals surface area (Å²) in [7, 11) is 2.93. The van der Waals surface area contributed by atoms with Gasteiger partial charge in [-0.05, 0) is 49.9 Å². The molecule has 0 amide bonds. The minimum Gasteiger partial charge on any atom is -0.468 e. The number of rotatable bonds is 6. The standard InChI is InChI=1S/C22H32N2O4/c1-27-21(25)19-10-3-5-12-23(19)15-17-8-7-9-18(14-17)16-24-13-6-4-11-20(24)22(26)28-2/h7-9,14,19-20H,3-6,10-13,15-16H2,1-2H3. The number of benzene rings is 1. The molecule has 0 bridgehead atoms. The van der Waals surface area contributed by atoms with Crippen molar-refractivity contribution < 1.29 is 19.1 Å². The molecular formula is C22H32N2O4. The number of carbonyl (C=O) groups is 2. The second-order valence-corrected chi connectivity index (χ2v) is 7.83. The van der Waals surface area contributed by atoms with E-state index in [9.17, 15) is 9.59 Å². The highest BCUT2D eigenvalue weighted by Crippen LogP contribution is 2.23. The zero-order valence-corrected chi connectivity index (χ0v) is 17.1. The molecule has 2 unspecified atom stereocenters. The van der Waals surface area contributed by atoms with Crippen molar-refractivity contribution in [3.05, 3.63) is 35.4 Å². The molecule has 0 N–H and O–H groups in total. The molecule has 2 aliphatic rings. The summed E-state index contributed by atoms with van der Waals surface area (Å²) >= 11 is 0. The van der Waals surface area contributed by atoms with Crippen LogP contribution in [0.5, 0.6) is 0 Å². The number of piperidine rings is 2. The van der Waals surface area contributed by atoms with Gasteiger partial charge in [0.05, 0.1) is 14.2 Å². The maximum absolute atomic E-state index is 12.1. The first kappa shape index (κ1) is 20.8. The van der Waals surface area contributed by atoms with Crippen molar-refractivity contribution in [2.75, 3.05) is 27.3 Å². The van der Waals surface area contributed by atoms with Crippen molar-refractivity contribution in [1.82, 2.24) is 9.80 Å². The average molecular weight is 389 g/mol. The lowest BCUT2D eigenvalue weighted by atomic mass is 9.99. The number of likely N-dealkylation sites (tertiary alicyclic amines) is 2. The van der Waals surface area contributed by atoms with E-state index < -0.39 is 0 Å². The highest BCUT2D eigenvalue weighted by atomic mass is 16.5. The second kappa shape index (κ2) is 10.0. The van der Waals surface area contributed by atoms with Crippen LogP contribution in [0.3, 0.4) is 0 Å². The molecule has 28 heavy (non-hydrogen) atoms. The molecule has 2 heterocycles. The van der Waals surface area contributed by atoms with Gasteiger partial charge in [0.15, 0.2) is 0 Å². The molecule has 0 saturated carbocycles. The van der Waals surface area contributed by atoms with Crippen LogP contribution in [0.25, 0.3) is 0 Å². The SMILES string of the molecule is COC(=O)C1CCCCN1Cc1cccc(CN2CCCCC2C(=O)OC)c1. The molecule has 0 aliphatic carbocycles. The van der Waals surface area contributed by atoms with E-state index in [0.717, 1.165) is 64.7 Å². The first-order valence-electron chi connectivity index (χ1n) is 10.3. The topological polar surface area (TPSA) is 59.1 Å². The smallest absolute Gasteiger partial charge is 0.323 e. The molecule has 2 aliphatic heterocycles. The zero-order chi connectivity index (χ0) is 19.9. The number of methoxy groups -OCH3 is 2. The minimum atomic E-state index is -0.145. The third-order valence-corrected chi connectivity index (χ3v) is 5.94. The number of ether oxygens (including phenoxy) is 2. The molecule has 2 fully saturated rings. The molecule has 154 valence electrons. The third-order valence-electron chi connectivity index (χ3n) is 5.94. The van der Waals surface area contributed by atoms with Gasteiger partial charge in [0.25, 0.3) is 0 Å². The summed E-state index contributed by atoms with van der Waals surface area (Å²) in [6.45, 7) is 3.32. The van der Waals surface area contributed by atoms with Crippen LogP contribution < -0.4 is 0 Å². The zero-order valence-electron chi connectivity index (χ0n) is 17.1. The second-order valence-electron chi connectivity index (χ2n) is 7.83. The number of nitrogens with zero attached hydrogens (tertiary/aromatic N) is 2. The first-order chi connectivity index (χ1) is 13.6. The number of hydrogen-bond acceptors (Lipinski definition) is 6. The Balaban J connectivity index is 1.68. The Morgan fingerprint density at radius 2 is 1.32 bits per heavy atom. The van der Waals surface area contributed by atoms with Gasteiger partial charge in [0, 0.05) is 13.1 Å². The number of hydrogen-bond donors (Lipinski definition) is 0. The van der Waals surface area contributed by atoms with E-state index in [0.29, 0.717) is 0 Å². The van der Waals surface area contributed by atoms with Crippen LogP contribution in [0.1, 0.15) is 49.7 Å². The van der Waals surface area contributed by atoms with Crippen molar-refractivity contribution >= 4 is 11.9 Å². The van der Waals surface area contributed by atoms with Crippen LogP contribution in [0, 0.1) is 0 Å². The van der Waals surface area contributed by atoms with E-state index in [2.05, 4.69) is 34.1 Å². The van der Waals surface area contributed by atoms with Gasteiger partial charge in [0.1, 0.15) is 12.1 Å². The van der Waals surface area contributed by atoms with Crippen molar-refractivity contribution in [3.8, 4) is 0 Å². The van der Waals surface area contributed by atoms with Crippen LogP contribution in [0.4, 0.5) is 0 Å². The highest BCUT2D eigenvalue weighted by Gasteiger charge is 2.30. The predicted octanol–water partition coefficient (Wildman–Crippen LogP) is 2.74. The summed E-state index contributed by atoms with van der Waals surface area (Å²) in [6.07, 6.45) is 6.09. The quantitative estimate of drug-likeness (QED) is 0.699. The molecule has 6 heteroatoms. The van der Waals surface area contributed by atoms with Crippen LogP contribution >= 0.6 is 0 Å². The van der Waals surface area contributed by atoms with Gasteiger partial charge in [-0.2, -0.15) is 0 Å². The van der Waals surface area contributed by atoms with E-state index in [-0.39, 0.29) is 24.0 Å². The van der Waals surface area contributed by atoms with Crippen LogP contribution in [0.2, 0.25) is 0 Å². The van der Waals surface area contributed by atoms with Crippen molar-refractivity contribution in [2.24, 2.45) is 0 Å². The Hall–Kier alpha value is -1.92. The summed E-state index contributed by atoms with van der Waals surface area (Å²) in [5.74, 6) is -0.268. The Labute approximate surface area is 167 Å². The fourth-order valence-electron chi connectivity index (χ4n) is 4.46. The van der Waals surface area contributed by atoms with Gasteiger partial charge in [0.2, 0.25) is 0 Å². The molecule has 0 radical (unpaired) electrons. The first-order valence-corrected chi connectivity index (χ1v) is 10.3. The normalized spacial score (nSPS) is 23.9. The molecular weight excluding hydrogens is 356 g/mol. The van der Waals surface area contributed by atoms with E-state index >= 15 is 0 Å². The van der Waals surface area contributed by atoms with E-state index in [1.807, 2.05) is 0 Å². The summed E-state index contributed by atoms with van der Waals surface area (Å²) in [5, 5.41) is 0. The Bertz CT molecular complexity index is 625. The Morgan fingerprint density at radius 1 is 0.857 bits per heavy atom. The molecule has 2 atom stereocenters. The molecule has 3 rings (SSSR count). The lowest BCUT2D eigenvalue weighted by molar-refractivity contribution is -0.149. The molecule has 1 aromatic carbocycles. The predicted molar refractivity (Wildman–Crippen MR) is 107 cm³/mol. The highest BCUT2D eigenvalue weighted by molar-refractivity contribution is 5.76. The molecule has 0 spiro atoms. The van der Waals surface area contributed by atoms with Crippen molar-refractivity contribution in [3.63, 3.8) is 0 Å².